The third kappa shape index (κ3) is 2.60. The second-order valence-electron chi connectivity index (χ2n) is 5.44. The molecule has 2 aromatic rings. The normalized spacial score (nSPS) is 20.5. The lowest BCUT2D eigenvalue weighted by molar-refractivity contribution is 0.107. The minimum Gasteiger partial charge on any atom is -0.486 e. The van der Waals surface area contributed by atoms with Crippen LogP contribution in [0, 0.1) is 6.92 Å². The molecular formula is C15H17N3O2S. The number of rotatable bonds is 4. The van der Waals surface area contributed by atoms with E-state index in [0.29, 0.717) is 12.6 Å². The Kier molecular flexibility index (Phi) is 3.25. The first-order valence-corrected chi connectivity index (χ1v) is 8.22. The molecule has 5 nitrogen and oxygen atoms in total. The Morgan fingerprint density at radius 3 is 2.86 bits per heavy atom. The summed E-state index contributed by atoms with van der Waals surface area (Å²) < 4.78 is 14.0. The van der Waals surface area contributed by atoms with Crippen LogP contribution in [-0.4, -0.2) is 33.2 Å². The number of ether oxygens (including phenoxy) is 2. The molecule has 4 rings (SSSR count). The van der Waals surface area contributed by atoms with Crippen LogP contribution >= 0.6 is 11.8 Å². The van der Waals surface area contributed by atoms with Crippen LogP contribution in [0.3, 0.4) is 0 Å². The summed E-state index contributed by atoms with van der Waals surface area (Å²) in [5.41, 5.74) is 0. The molecule has 21 heavy (non-hydrogen) atoms. The molecule has 0 saturated heterocycles. The Hall–Kier alpha value is -1.69. The van der Waals surface area contributed by atoms with Gasteiger partial charge in [-0.2, -0.15) is 0 Å². The third-order valence-corrected chi connectivity index (χ3v) is 4.79. The average molecular weight is 303 g/mol. The Morgan fingerprint density at radius 2 is 2.05 bits per heavy atom. The molecule has 0 unspecified atom stereocenters. The number of fused-ring (bicyclic) bond motifs is 1. The summed E-state index contributed by atoms with van der Waals surface area (Å²) in [4.78, 5) is 0. The molecule has 0 spiro atoms. The van der Waals surface area contributed by atoms with E-state index < -0.39 is 0 Å². The van der Waals surface area contributed by atoms with E-state index in [1.807, 2.05) is 31.2 Å². The van der Waals surface area contributed by atoms with Crippen LogP contribution in [-0.2, 0) is 0 Å². The SMILES string of the molecule is Cc1nnc(SC[C@@H]2COc3ccccc3O2)n1C1CC1. The highest BCUT2D eigenvalue weighted by molar-refractivity contribution is 7.99. The molecule has 1 aliphatic heterocycles. The van der Waals surface area contributed by atoms with Crippen LogP contribution < -0.4 is 9.47 Å². The standard InChI is InChI=1S/C15H17N3O2S/c1-10-16-17-15(18(10)11-6-7-11)21-9-12-8-19-13-4-2-3-5-14(13)20-12/h2-5,11-12H,6-9H2,1H3/t12-/m0/s1. The molecule has 0 amide bonds. The van der Waals surface area contributed by atoms with Crippen molar-refractivity contribution in [2.24, 2.45) is 0 Å². The largest absolute Gasteiger partial charge is 0.486 e. The number of aromatic nitrogens is 3. The van der Waals surface area contributed by atoms with E-state index in [0.717, 1.165) is 28.2 Å². The highest BCUT2D eigenvalue weighted by atomic mass is 32.2. The van der Waals surface area contributed by atoms with Gasteiger partial charge in [-0.3, -0.25) is 0 Å². The van der Waals surface area contributed by atoms with Crippen molar-refractivity contribution in [2.75, 3.05) is 12.4 Å². The Morgan fingerprint density at radius 1 is 1.24 bits per heavy atom. The molecule has 2 aliphatic rings. The van der Waals surface area contributed by atoms with E-state index in [1.54, 1.807) is 11.8 Å². The van der Waals surface area contributed by atoms with E-state index in [2.05, 4.69) is 14.8 Å². The maximum Gasteiger partial charge on any atom is 0.191 e. The van der Waals surface area contributed by atoms with Crippen molar-refractivity contribution in [1.29, 1.82) is 0 Å². The fourth-order valence-corrected chi connectivity index (χ4v) is 3.53. The molecule has 1 atom stereocenters. The monoisotopic (exact) mass is 303 g/mol. The van der Waals surface area contributed by atoms with Gasteiger partial charge in [0.1, 0.15) is 18.5 Å². The van der Waals surface area contributed by atoms with Gasteiger partial charge in [0.05, 0.1) is 0 Å². The fourth-order valence-electron chi connectivity index (χ4n) is 2.51. The number of nitrogens with zero attached hydrogens (tertiary/aromatic N) is 3. The number of para-hydroxylation sites is 2. The van der Waals surface area contributed by atoms with Gasteiger partial charge in [-0.15, -0.1) is 10.2 Å². The molecular weight excluding hydrogens is 286 g/mol. The minimum absolute atomic E-state index is 0.0505. The maximum absolute atomic E-state index is 5.97. The van der Waals surface area contributed by atoms with Crippen molar-refractivity contribution in [2.45, 2.75) is 37.1 Å². The molecule has 1 aromatic carbocycles. The molecule has 1 fully saturated rings. The molecule has 110 valence electrons. The van der Waals surface area contributed by atoms with Crippen LogP contribution in [0.25, 0.3) is 0 Å². The first kappa shape index (κ1) is 13.0. The van der Waals surface area contributed by atoms with Gasteiger partial charge in [-0.1, -0.05) is 23.9 Å². The third-order valence-electron chi connectivity index (χ3n) is 3.71. The van der Waals surface area contributed by atoms with E-state index in [1.165, 1.54) is 12.8 Å². The highest BCUT2D eigenvalue weighted by Crippen LogP contribution is 2.39. The van der Waals surface area contributed by atoms with Gasteiger partial charge >= 0.3 is 0 Å². The lowest BCUT2D eigenvalue weighted by atomic mass is 10.3. The van der Waals surface area contributed by atoms with E-state index >= 15 is 0 Å². The zero-order valence-electron chi connectivity index (χ0n) is 11.9. The topological polar surface area (TPSA) is 49.2 Å². The predicted molar refractivity (Wildman–Crippen MR) is 80.1 cm³/mol. The Labute approximate surface area is 127 Å². The van der Waals surface area contributed by atoms with Gasteiger partial charge in [-0.05, 0) is 31.9 Å². The Bertz CT molecular complexity index is 654. The summed E-state index contributed by atoms with van der Waals surface area (Å²) in [6.45, 7) is 2.60. The lowest BCUT2D eigenvalue weighted by Crippen LogP contribution is -2.31. The van der Waals surface area contributed by atoms with Crippen LogP contribution in [0.2, 0.25) is 0 Å². The van der Waals surface area contributed by atoms with Crippen LogP contribution in [0.4, 0.5) is 0 Å². The van der Waals surface area contributed by atoms with Crippen LogP contribution in [0.5, 0.6) is 11.5 Å². The smallest absolute Gasteiger partial charge is 0.191 e. The number of hydrogen-bond donors (Lipinski definition) is 0. The van der Waals surface area contributed by atoms with Gasteiger partial charge in [0, 0.05) is 11.8 Å². The quantitative estimate of drug-likeness (QED) is 0.813. The fraction of sp³-hybridized carbons (Fsp3) is 0.467. The van der Waals surface area contributed by atoms with Crippen molar-refractivity contribution in [3.63, 3.8) is 0 Å². The van der Waals surface area contributed by atoms with Gasteiger partial charge in [0.15, 0.2) is 16.7 Å². The van der Waals surface area contributed by atoms with Crippen molar-refractivity contribution in [1.82, 2.24) is 14.8 Å². The molecule has 6 heteroatoms. The first-order valence-electron chi connectivity index (χ1n) is 7.24. The molecule has 2 heterocycles. The van der Waals surface area contributed by atoms with E-state index in [4.69, 9.17) is 9.47 Å². The van der Waals surface area contributed by atoms with Gasteiger partial charge in [0.2, 0.25) is 0 Å². The molecule has 1 aliphatic carbocycles. The molecule has 0 bridgehead atoms. The summed E-state index contributed by atoms with van der Waals surface area (Å²) in [6, 6.07) is 8.41. The van der Waals surface area contributed by atoms with Crippen molar-refractivity contribution in [3.05, 3.63) is 30.1 Å². The first-order chi connectivity index (χ1) is 10.3. The van der Waals surface area contributed by atoms with E-state index in [-0.39, 0.29) is 6.10 Å². The maximum atomic E-state index is 5.97. The van der Waals surface area contributed by atoms with Gasteiger partial charge < -0.3 is 14.0 Å². The number of benzene rings is 1. The zero-order chi connectivity index (χ0) is 14.2. The molecule has 0 radical (unpaired) electrons. The van der Waals surface area contributed by atoms with Gasteiger partial charge in [-0.25, -0.2) is 0 Å². The summed E-state index contributed by atoms with van der Waals surface area (Å²) in [6.07, 6.45) is 2.53. The second-order valence-corrected chi connectivity index (χ2v) is 6.43. The average Bonchev–Trinajstić information content (AvgIpc) is 3.28. The summed E-state index contributed by atoms with van der Waals surface area (Å²) in [5.74, 6) is 3.48. The summed E-state index contributed by atoms with van der Waals surface area (Å²) in [5, 5.41) is 9.48. The number of aryl methyl sites for hydroxylation is 1. The van der Waals surface area contributed by atoms with Crippen molar-refractivity contribution < 1.29 is 9.47 Å². The zero-order valence-corrected chi connectivity index (χ0v) is 12.7. The van der Waals surface area contributed by atoms with Crippen molar-refractivity contribution >= 4 is 11.8 Å². The minimum atomic E-state index is 0.0505. The lowest BCUT2D eigenvalue weighted by Gasteiger charge is -2.26. The molecule has 1 saturated carbocycles. The van der Waals surface area contributed by atoms with Crippen molar-refractivity contribution in [3.8, 4) is 11.5 Å². The summed E-state index contributed by atoms with van der Waals surface area (Å²) >= 11 is 1.70. The van der Waals surface area contributed by atoms with Crippen LogP contribution in [0.15, 0.2) is 29.4 Å². The van der Waals surface area contributed by atoms with Gasteiger partial charge in [0.25, 0.3) is 0 Å². The van der Waals surface area contributed by atoms with E-state index in [9.17, 15) is 0 Å². The van der Waals surface area contributed by atoms with Crippen LogP contribution in [0.1, 0.15) is 24.7 Å². The Balaban J connectivity index is 1.42. The second kappa shape index (κ2) is 5.26. The molecule has 1 aromatic heterocycles. The number of thioether (sulfide) groups is 1. The molecule has 0 N–H and O–H groups in total. The number of hydrogen-bond acceptors (Lipinski definition) is 5. The highest BCUT2D eigenvalue weighted by Gasteiger charge is 2.29. The summed E-state index contributed by atoms with van der Waals surface area (Å²) in [7, 11) is 0. The predicted octanol–water partition coefficient (Wildman–Crippen LogP) is 2.85.